The SMILES string of the molecule is Fc1ccc(OC2CCN(c3nc4c(nc3NCC(F)F)CCNC4)CC2)c(F)c1.O=C(O)C(F)(F)F. The summed E-state index contributed by atoms with van der Waals surface area (Å²) in [6, 6.07) is 3.23. The summed E-state index contributed by atoms with van der Waals surface area (Å²) in [5, 5.41) is 13.1. The molecule has 8 nitrogen and oxygen atoms in total. The van der Waals surface area contributed by atoms with Crippen molar-refractivity contribution in [1.29, 1.82) is 0 Å². The fourth-order valence-electron chi connectivity index (χ4n) is 3.70. The molecule has 15 heteroatoms. The Balaban J connectivity index is 0.000000479. The van der Waals surface area contributed by atoms with Crippen LogP contribution in [0.5, 0.6) is 5.75 Å². The Kier molecular flexibility index (Phi) is 9.34. The predicted octanol–water partition coefficient (Wildman–Crippen LogP) is 3.76. The molecule has 2 aliphatic rings. The molecule has 37 heavy (non-hydrogen) atoms. The monoisotopic (exact) mass is 539 g/mol. The molecule has 204 valence electrons. The molecular weight excluding hydrogens is 515 g/mol. The van der Waals surface area contributed by atoms with Crippen molar-refractivity contribution in [3.63, 3.8) is 0 Å². The first kappa shape index (κ1) is 28.2. The second kappa shape index (κ2) is 12.3. The average Bonchev–Trinajstić information content (AvgIpc) is 2.84. The van der Waals surface area contributed by atoms with Crippen molar-refractivity contribution in [1.82, 2.24) is 15.3 Å². The van der Waals surface area contributed by atoms with Gasteiger partial charge >= 0.3 is 12.1 Å². The molecule has 0 saturated carbocycles. The number of aliphatic carboxylic acids is 1. The molecule has 0 aliphatic carbocycles. The lowest BCUT2D eigenvalue weighted by Gasteiger charge is -2.34. The van der Waals surface area contributed by atoms with Gasteiger partial charge in [-0.2, -0.15) is 13.2 Å². The lowest BCUT2D eigenvalue weighted by molar-refractivity contribution is -0.192. The van der Waals surface area contributed by atoms with E-state index in [1.165, 1.54) is 6.07 Å². The topological polar surface area (TPSA) is 99.6 Å². The van der Waals surface area contributed by atoms with E-state index in [2.05, 4.69) is 15.6 Å². The minimum absolute atomic E-state index is 0.0220. The molecule has 2 aromatic rings. The van der Waals surface area contributed by atoms with Crippen LogP contribution in [0.1, 0.15) is 24.2 Å². The van der Waals surface area contributed by atoms with E-state index in [-0.39, 0.29) is 11.9 Å². The van der Waals surface area contributed by atoms with Gasteiger partial charge in [-0.25, -0.2) is 32.3 Å². The third kappa shape index (κ3) is 8.06. The van der Waals surface area contributed by atoms with Gasteiger partial charge in [-0.3, -0.25) is 0 Å². The highest BCUT2D eigenvalue weighted by atomic mass is 19.4. The van der Waals surface area contributed by atoms with E-state index in [1.807, 2.05) is 4.90 Å². The number of benzene rings is 1. The first-order valence-electron chi connectivity index (χ1n) is 11.2. The molecule has 1 saturated heterocycles. The van der Waals surface area contributed by atoms with Crippen molar-refractivity contribution >= 4 is 17.6 Å². The van der Waals surface area contributed by atoms with Gasteiger partial charge < -0.3 is 25.4 Å². The van der Waals surface area contributed by atoms with E-state index in [4.69, 9.17) is 19.6 Å². The van der Waals surface area contributed by atoms with Crippen molar-refractivity contribution in [3.05, 3.63) is 41.2 Å². The number of nitrogens with zero attached hydrogens (tertiary/aromatic N) is 3. The number of anilines is 2. The summed E-state index contributed by atoms with van der Waals surface area (Å²) in [6.07, 6.45) is -5.94. The summed E-state index contributed by atoms with van der Waals surface area (Å²) < 4.78 is 89.8. The first-order valence-corrected chi connectivity index (χ1v) is 11.2. The molecule has 2 aliphatic heterocycles. The molecule has 3 heterocycles. The number of aromatic nitrogens is 2. The Hall–Kier alpha value is -3.36. The van der Waals surface area contributed by atoms with Crippen molar-refractivity contribution in [2.75, 3.05) is 36.4 Å². The van der Waals surface area contributed by atoms with E-state index in [9.17, 15) is 30.7 Å². The maximum absolute atomic E-state index is 13.8. The Morgan fingerprint density at radius 2 is 1.86 bits per heavy atom. The molecule has 0 amide bonds. The molecule has 3 N–H and O–H groups in total. The molecule has 1 aromatic heterocycles. The second-order valence-electron chi connectivity index (χ2n) is 8.17. The largest absolute Gasteiger partial charge is 0.490 e. The van der Waals surface area contributed by atoms with Crippen LogP contribution in [0.15, 0.2) is 18.2 Å². The van der Waals surface area contributed by atoms with Crippen LogP contribution in [0.25, 0.3) is 0 Å². The minimum Gasteiger partial charge on any atom is -0.487 e. The van der Waals surface area contributed by atoms with E-state index in [0.29, 0.717) is 50.5 Å². The highest BCUT2D eigenvalue weighted by Crippen LogP contribution is 2.29. The molecule has 0 bridgehead atoms. The predicted molar refractivity (Wildman–Crippen MR) is 118 cm³/mol. The maximum Gasteiger partial charge on any atom is 0.490 e. The Morgan fingerprint density at radius 1 is 1.19 bits per heavy atom. The van der Waals surface area contributed by atoms with Gasteiger partial charge in [0.1, 0.15) is 11.9 Å². The van der Waals surface area contributed by atoms with Crippen molar-refractivity contribution < 1.29 is 45.4 Å². The first-order chi connectivity index (χ1) is 17.4. The number of carboxylic acid groups (broad SMARTS) is 1. The summed E-state index contributed by atoms with van der Waals surface area (Å²) in [4.78, 5) is 20.1. The van der Waals surface area contributed by atoms with Gasteiger partial charge in [0, 0.05) is 51.5 Å². The van der Waals surface area contributed by atoms with E-state index < -0.39 is 36.8 Å². The number of hydrogen-bond donors (Lipinski definition) is 3. The third-order valence-corrected chi connectivity index (χ3v) is 5.46. The quantitative estimate of drug-likeness (QED) is 0.478. The normalized spacial score (nSPS) is 16.1. The molecular formula is C22H24F7N5O3. The number of alkyl halides is 5. The Labute approximate surface area is 206 Å². The third-order valence-electron chi connectivity index (χ3n) is 5.46. The lowest BCUT2D eigenvalue weighted by atomic mass is 10.1. The van der Waals surface area contributed by atoms with Gasteiger partial charge in [-0.15, -0.1) is 0 Å². The van der Waals surface area contributed by atoms with Gasteiger partial charge in [-0.05, 0) is 12.1 Å². The molecule has 4 rings (SSSR count). The standard InChI is InChI=1S/C20H23F4N5O.C2HF3O2/c21-12-1-2-17(14(22)9-12)30-13-4-7-29(8-5-13)20-19(26-11-18(23)24)27-15-3-6-25-10-16(15)28-20;3-2(4,5)1(6)7/h1-2,9,13,18,25H,3-8,10-11H2,(H,26,27);(H,6,7). The van der Waals surface area contributed by atoms with Crippen LogP contribution >= 0.6 is 0 Å². The van der Waals surface area contributed by atoms with Crippen LogP contribution in [0.3, 0.4) is 0 Å². The van der Waals surface area contributed by atoms with Crippen LogP contribution in [0.4, 0.5) is 42.4 Å². The number of ether oxygens (including phenoxy) is 1. The van der Waals surface area contributed by atoms with Crippen LogP contribution in [0.2, 0.25) is 0 Å². The van der Waals surface area contributed by atoms with Crippen LogP contribution < -0.4 is 20.3 Å². The van der Waals surface area contributed by atoms with E-state index in [1.54, 1.807) is 0 Å². The van der Waals surface area contributed by atoms with Crippen molar-refractivity contribution in [3.8, 4) is 5.75 Å². The van der Waals surface area contributed by atoms with Crippen LogP contribution in [-0.4, -0.2) is 65.9 Å². The number of carboxylic acids is 1. The fourth-order valence-corrected chi connectivity index (χ4v) is 3.70. The number of nitrogens with one attached hydrogen (secondary N) is 2. The summed E-state index contributed by atoms with van der Waals surface area (Å²) in [5.74, 6) is -3.21. The highest BCUT2D eigenvalue weighted by molar-refractivity contribution is 5.73. The zero-order chi connectivity index (χ0) is 27.2. The highest BCUT2D eigenvalue weighted by Gasteiger charge is 2.38. The maximum atomic E-state index is 13.8. The molecule has 0 spiro atoms. The van der Waals surface area contributed by atoms with E-state index in [0.717, 1.165) is 30.1 Å². The number of rotatable bonds is 6. The molecule has 1 fully saturated rings. The van der Waals surface area contributed by atoms with Crippen molar-refractivity contribution in [2.45, 2.75) is 44.5 Å². The number of piperidine rings is 1. The average molecular weight is 539 g/mol. The number of fused-ring (bicyclic) bond motifs is 1. The van der Waals surface area contributed by atoms with Gasteiger partial charge in [0.2, 0.25) is 0 Å². The smallest absolute Gasteiger partial charge is 0.487 e. The lowest BCUT2D eigenvalue weighted by Crippen LogP contribution is -2.40. The Morgan fingerprint density at radius 3 is 2.46 bits per heavy atom. The molecule has 0 atom stereocenters. The summed E-state index contributed by atoms with van der Waals surface area (Å²) in [5.41, 5.74) is 1.64. The van der Waals surface area contributed by atoms with Gasteiger partial charge in [-0.1, -0.05) is 0 Å². The zero-order valence-corrected chi connectivity index (χ0v) is 19.3. The fraction of sp³-hybridized carbons (Fsp3) is 0.500. The molecule has 0 unspecified atom stereocenters. The van der Waals surface area contributed by atoms with Gasteiger partial charge in [0.05, 0.1) is 17.9 Å². The number of halogens is 7. The summed E-state index contributed by atoms with van der Waals surface area (Å²) in [6.45, 7) is 1.98. The molecule has 0 radical (unpaired) electrons. The molecule has 1 aromatic carbocycles. The van der Waals surface area contributed by atoms with Crippen LogP contribution in [-0.2, 0) is 17.8 Å². The van der Waals surface area contributed by atoms with Crippen molar-refractivity contribution in [2.24, 2.45) is 0 Å². The number of hydrogen-bond acceptors (Lipinski definition) is 7. The van der Waals surface area contributed by atoms with Gasteiger partial charge in [0.25, 0.3) is 6.43 Å². The van der Waals surface area contributed by atoms with Crippen LogP contribution in [0, 0.1) is 11.6 Å². The summed E-state index contributed by atoms with van der Waals surface area (Å²) >= 11 is 0. The second-order valence-corrected chi connectivity index (χ2v) is 8.17. The summed E-state index contributed by atoms with van der Waals surface area (Å²) in [7, 11) is 0. The Bertz CT molecular complexity index is 1080. The van der Waals surface area contributed by atoms with E-state index >= 15 is 0 Å². The van der Waals surface area contributed by atoms with Gasteiger partial charge in [0.15, 0.2) is 23.2 Å². The number of carbonyl (C=O) groups is 1. The zero-order valence-electron chi connectivity index (χ0n) is 19.3. The minimum atomic E-state index is -5.08.